The molecule has 66 valence electrons. The summed E-state index contributed by atoms with van der Waals surface area (Å²) in [5, 5.41) is 0. The molecular weight excluding hydrogens is 163 g/mol. The number of hydrogen-bond acceptors (Lipinski definition) is 2. The molecule has 0 bridgehead atoms. The van der Waals surface area contributed by atoms with Crippen LogP contribution in [0, 0.1) is 5.92 Å². The lowest BCUT2D eigenvalue weighted by Gasteiger charge is -2.20. The molecule has 0 radical (unpaired) electrons. The predicted octanol–water partition coefficient (Wildman–Crippen LogP) is 0.0100. The van der Waals surface area contributed by atoms with Crippen LogP contribution in [0.4, 0.5) is 4.39 Å². The smallest absolute Gasteiger partial charge is 0.197 e. The van der Waals surface area contributed by atoms with E-state index in [9.17, 15) is 14.0 Å². The molecule has 0 heterocycles. The first-order valence-corrected chi connectivity index (χ1v) is 3.19. The molecule has 0 spiro atoms. The molecule has 0 fully saturated rings. The van der Waals surface area contributed by atoms with E-state index in [1.165, 1.54) is 12.2 Å². The Hall–Kier alpha value is -1.29. The van der Waals surface area contributed by atoms with E-state index in [-0.39, 0.29) is 11.8 Å². The molecule has 4 heteroatoms. The van der Waals surface area contributed by atoms with Gasteiger partial charge in [-0.05, 0) is 6.08 Å². The van der Waals surface area contributed by atoms with Crippen LogP contribution < -0.4 is 0 Å². The molecule has 0 amide bonds. The Kier molecular flexibility index (Phi) is 3.50. The third-order valence-corrected chi connectivity index (χ3v) is 1.62. The Labute approximate surface area is 68.9 Å². The molecule has 0 aromatic heterocycles. The Balaban J connectivity index is 0.00000121. The average Bonchev–Trinajstić information content (AvgIpc) is 2.05. The van der Waals surface area contributed by atoms with E-state index < -0.39 is 11.6 Å². The van der Waals surface area contributed by atoms with Crippen LogP contribution >= 0.6 is 0 Å². The van der Waals surface area contributed by atoms with Gasteiger partial charge in [-0.1, -0.05) is 18.2 Å². The molecular formula is C8H9FO3. The Bertz CT molecular complexity index is 234. The van der Waals surface area contributed by atoms with Gasteiger partial charge in [-0.25, -0.2) is 4.39 Å². The lowest BCUT2D eigenvalue weighted by Crippen LogP contribution is -2.33. The van der Waals surface area contributed by atoms with Gasteiger partial charge in [-0.2, -0.15) is 0 Å². The maximum atomic E-state index is 13.2. The summed E-state index contributed by atoms with van der Waals surface area (Å²) in [5.41, 5.74) is -2.13. The molecule has 1 aliphatic rings. The SMILES string of the molecule is O.O=CC1C=CC=CC1(F)C=O. The predicted molar refractivity (Wildman–Crippen MR) is 41.4 cm³/mol. The molecule has 0 aromatic carbocycles. The summed E-state index contributed by atoms with van der Waals surface area (Å²) in [7, 11) is 0. The van der Waals surface area contributed by atoms with Crippen LogP contribution in [0.5, 0.6) is 0 Å². The minimum absolute atomic E-state index is 0. The van der Waals surface area contributed by atoms with Crippen LogP contribution in [-0.2, 0) is 9.59 Å². The molecule has 2 atom stereocenters. The third-order valence-electron chi connectivity index (χ3n) is 1.62. The second-order valence-electron chi connectivity index (χ2n) is 2.35. The zero-order valence-electron chi connectivity index (χ0n) is 6.24. The highest BCUT2D eigenvalue weighted by Gasteiger charge is 2.35. The van der Waals surface area contributed by atoms with Gasteiger partial charge < -0.3 is 10.3 Å². The second-order valence-corrected chi connectivity index (χ2v) is 2.35. The van der Waals surface area contributed by atoms with Crippen molar-refractivity contribution < 1.29 is 19.5 Å². The monoisotopic (exact) mass is 172 g/mol. The quantitative estimate of drug-likeness (QED) is 0.550. The second kappa shape index (κ2) is 3.92. The molecule has 0 saturated heterocycles. The van der Waals surface area contributed by atoms with E-state index in [0.717, 1.165) is 6.08 Å². The summed E-state index contributed by atoms with van der Waals surface area (Å²) in [4.78, 5) is 20.5. The van der Waals surface area contributed by atoms with Gasteiger partial charge in [0.15, 0.2) is 12.0 Å². The molecule has 2 unspecified atom stereocenters. The molecule has 2 N–H and O–H groups in total. The van der Waals surface area contributed by atoms with Gasteiger partial charge in [0.05, 0.1) is 5.92 Å². The summed E-state index contributed by atoms with van der Waals surface area (Å²) >= 11 is 0. The highest BCUT2D eigenvalue weighted by atomic mass is 19.1. The maximum Gasteiger partial charge on any atom is 0.197 e. The first kappa shape index (κ1) is 10.7. The number of allylic oxidation sites excluding steroid dienone is 4. The largest absolute Gasteiger partial charge is 0.412 e. The standard InChI is InChI=1S/C8H7FO2.H2O/c9-8(6-11)4-2-1-3-7(8)5-10;/h1-7H;1H2. The van der Waals surface area contributed by atoms with Gasteiger partial charge >= 0.3 is 0 Å². The van der Waals surface area contributed by atoms with E-state index in [1.807, 2.05) is 0 Å². The summed E-state index contributed by atoms with van der Waals surface area (Å²) in [6.07, 6.45) is 5.97. The number of alkyl halides is 1. The number of halogens is 1. The van der Waals surface area contributed by atoms with Crippen LogP contribution in [0.2, 0.25) is 0 Å². The normalized spacial score (nSPS) is 32.2. The first-order chi connectivity index (χ1) is 5.23. The van der Waals surface area contributed by atoms with E-state index in [0.29, 0.717) is 6.29 Å². The Morgan fingerprint density at radius 2 is 2.00 bits per heavy atom. The molecule has 1 aliphatic carbocycles. The van der Waals surface area contributed by atoms with Crippen LogP contribution in [0.3, 0.4) is 0 Å². The fourth-order valence-corrected chi connectivity index (χ4v) is 0.913. The number of hydrogen-bond donors (Lipinski definition) is 0. The summed E-state index contributed by atoms with van der Waals surface area (Å²) in [6.45, 7) is 0. The molecule has 0 aliphatic heterocycles. The minimum atomic E-state index is -2.13. The van der Waals surface area contributed by atoms with Crippen molar-refractivity contribution >= 4 is 12.6 Å². The highest BCUT2D eigenvalue weighted by molar-refractivity contribution is 5.77. The fraction of sp³-hybridized carbons (Fsp3) is 0.250. The lowest BCUT2D eigenvalue weighted by atomic mass is 9.88. The zero-order chi connectivity index (χ0) is 8.32. The molecule has 1 rings (SSSR count). The topological polar surface area (TPSA) is 65.6 Å². The Morgan fingerprint density at radius 1 is 1.33 bits per heavy atom. The van der Waals surface area contributed by atoms with Crippen molar-refractivity contribution in [3.8, 4) is 0 Å². The maximum absolute atomic E-state index is 13.2. The average molecular weight is 172 g/mol. The lowest BCUT2D eigenvalue weighted by molar-refractivity contribution is -0.122. The summed E-state index contributed by atoms with van der Waals surface area (Å²) < 4.78 is 13.2. The molecule has 3 nitrogen and oxygen atoms in total. The first-order valence-electron chi connectivity index (χ1n) is 3.19. The van der Waals surface area contributed by atoms with Crippen molar-refractivity contribution in [2.75, 3.05) is 0 Å². The van der Waals surface area contributed by atoms with E-state index in [4.69, 9.17) is 0 Å². The van der Waals surface area contributed by atoms with Crippen molar-refractivity contribution in [1.29, 1.82) is 0 Å². The minimum Gasteiger partial charge on any atom is -0.412 e. The Morgan fingerprint density at radius 3 is 2.42 bits per heavy atom. The molecule has 0 aromatic rings. The van der Waals surface area contributed by atoms with E-state index in [2.05, 4.69) is 0 Å². The number of carbonyl (C=O) groups is 2. The number of aldehydes is 2. The zero-order valence-corrected chi connectivity index (χ0v) is 6.24. The summed E-state index contributed by atoms with van der Waals surface area (Å²) in [5.74, 6) is -0.968. The van der Waals surface area contributed by atoms with Crippen LogP contribution in [0.25, 0.3) is 0 Å². The summed E-state index contributed by atoms with van der Waals surface area (Å²) in [6, 6.07) is 0. The van der Waals surface area contributed by atoms with Gasteiger partial charge in [-0.3, -0.25) is 4.79 Å². The van der Waals surface area contributed by atoms with Crippen molar-refractivity contribution in [3.63, 3.8) is 0 Å². The number of rotatable bonds is 2. The fourth-order valence-electron chi connectivity index (χ4n) is 0.913. The third kappa shape index (κ3) is 1.65. The van der Waals surface area contributed by atoms with Crippen molar-refractivity contribution in [3.05, 3.63) is 24.3 Å². The highest BCUT2D eigenvalue weighted by Crippen LogP contribution is 2.24. The van der Waals surface area contributed by atoms with Gasteiger partial charge in [-0.15, -0.1) is 0 Å². The van der Waals surface area contributed by atoms with E-state index >= 15 is 0 Å². The van der Waals surface area contributed by atoms with E-state index in [1.54, 1.807) is 6.08 Å². The van der Waals surface area contributed by atoms with Gasteiger partial charge in [0, 0.05) is 0 Å². The van der Waals surface area contributed by atoms with Crippen molar-refractivity contribution in [2.45, 2.75) is 5.67 Å². The van der Waals surface area contributed by atoms with Gasteiger partial charge in [0.1, 0.15) is 6.29 Å². The van der Waals surface area contributed by atoms with Crippen LogP contribution in [0.15, 0.2) is 24.3 Å². The van der Waals surface area contributed by atoms with Crippen LogP contribution in [-0.4, -0.2) is 23.7 Å². The number of carbonyl (C=O) groups excluding carboxylic acids is 2. The van der Waals surface area contributed by atoms with Crippen molar-refractivity contribution in [2.24, 2.45) is 5.92 Å². The molecule has 12 heavy (non-hydrogen) atoms. The molecule has 0 saturated carbocycles. The van der Waals surface area contributed by atoms with Crippen LogP contribution in [0.1, 0.15) is 0 Å². The van der Waals surface area contributed by atoms with Crippen molar-refractivity contribution in [1.82, 2.24) is 0 Å². The van der Waals surface area contributed by atoms with Gasteiger partial charge in [0.2, 0.25) is 0 Å². The van der Waals surface area contributed by atoms with Gasteiger partial charge in [0.25, 0.3) is 0 Å².